The number of hydrogen-bond acceptors (Lipinski definition) is 4. The average Bonchev–Trinajstić information content (AvgIpc) is 2.58. The van der Waals surface area contributed by atoms with Crippen LogP contribution < -0.4 is 10.1 Å². The molecule has 4 bridgehead atoms. The Morgan fingerprint density at radius 2 is 1.60 bits per heavy atom. The van der Waals surface area contributed by atoms with Gasteiger partial charge in [0.1, 0.15) is 5.75 Å². The second kappa shape index (κ2) is 6.36. The summed E-state index contributed by atoms with van der Waals surface area (Å²) < 4.78 is 10.3. The SMILES string of the molecule is COC(=O)c1ccc(OCC(=O)NC23CC4CC(CC(C4)C2)C3)cc1. The standard InChI is InChI=1S/C20H25NO4/c1-24-19(23)16-2-4-17(5-3-16)25-12-18(22)21-20-9-13-6-14(10-20)8-15(7-13)11-20/h2-5,13-15H,6-12H2,1H3,(H,21,22). The molecule has 1 N–H and O–H groups in total. The molecule has 5 rings (SSSR count). The molecule has 1 aromatic carbocycles. The molecule has 134 valence electrons. The van der Waals surface area contributed by atoms with Gasteiger partial charge in [0.2, 0.25) is 0 Å². The van der Waals surface area contributed by atoms with Gasteiger partial charge in [0, 0.05) is 5.54 Å². The van der Waals surface area contributed by atoms with E-state index in [4.69, 9.17) is 4.74 Å². The van der Waals surface area contributed by atoms with Gasteiger partial charge < -0.3 is 14.8 Å². The molecule has 5 heteroatoms. The fraction of sp³-hybridized carbons (Fsp3) is 0.600. The van der Waals surface area contributed by atoms with Crippen molar-refractivity contribution in [2.24, 2.45) is 17.8 Å². The summed E-state index contributed by atoms with van der Waals surface area (Å²) >= 11 is 0. The van der Waals surface area contributed by atoms with Crippen LogP contribution in [0.25, 0.3) is 0 Å². The van der Waals surface area contributed by atoms with E-state index in [1.165, 1.54) is 26.4 Å². The van der Waals surface area contributed by atoms with E-state index >= 15 is 0 Å². The Morgan fingerprint density at radius 3 is 2.12 bits per heavy atom. The van der Waals surface area contributed by atoms with Gasteiger partial charge in [0.05, 0.1) is 12.7 Å². The highest BCUT2D eigenvalue weighted by atomic mass is 16.5. The molecule has 1 aromatic rings. The number of amides is 1. The third-order valence-electron chi connectivity index (χ3n) is 6.09. The van der Waals surface area contributed by atoms with E-state index in [9.17, 15) is 9.59 Å². The van der Waals surface area contributed by atoms with Crippen LogP contribution in [0, 0.1) is 17.8 Å². The monoisotopic (exact) mass is 343 g/mol. The predicted octanol–water partition coefficient (Wildman–Crippen LogP) is 2.94. The summed E-state index contributed by atoms with van der Waals surface area (Å²) in [5.41, 5.74) is 0.483. The van der Waals surface area contributed by atoms with Gasteiger partial charge in [-0.3, -0.25) is 4.79 Å². The molecule has 0 radical (unpaired) electrons. The smallest absolute Gasteiger partial charge is 0.337 e. The summed E-state index contributed by atoms with van der Waals surface area (Å²) in [4.78, 5) is 23.8. The maximum Gasteiger partial charge on any atom is 0.337 e. The molecule has 25 heavy (non-hydrogen) atoms. The zero-order valence-corrected chi connectivity index (χ0v) is 14.6. The minimum atomic E-state index is -0.383. The van der Waals surface area contributed by atoms with Crippen molar-refractivity contribution in [2.45, 2.75) is 44.1 Å². The van der Waals surface area contributed by atoms with Crippen LogP contribution in [0.1, 0.15) is 48.9 Å². The maximum absolute atomic E-state index is 12.4. The Hall–Kier alpha value is -2.04. The molecule has 5 nitrogen and oxygen atoms in total. The zero-order chi connectivity index (χ0) is 17.4. The Morgan fingerprint density at radius 1 is 1.04 bits per heavy atom. The molecule has 0 heterocycles. The van der Waals surface area contributed by atoms with Gasteiger partial charge in [-0.2, -0.15) is 0 Å². The highest BCUT2D eigenvalue weighted by Gasteiger charge is 2.51. The lowest BCUT2D eigenvalue weighted by Gasteiger charge is -2.56. The molecule has 4 aliphatic rings. The summed E-state index contributed by atoms with van der Waals surface area (Å²) in [6.07, 6.45) is 7.49. The first-order valence-electron chi connectivity index (χ1n) is 9.17. The summed E-state index contributed by atoms with van der Waals surface area (Å²) in [7, 11) is 1.35. The Balaban J connectivity index is 1.31. The molecule has 4 aliphatic carbocycles. The van der Waals surface area contributed by atoms with Gasteiger partial charge in [-0.1, -0.05) is 0 Å². The summed E-state index contributed by atoms with van der Waals surface area (Å²) in [5.74, 6) is 2.56. The molecular weight excluding hydrogens is 318 g/mol. The zero-order valence-electron chi connectivity index (χ0n) is 14.6. The van der Waals surface area contributed by atoms with Crippen molar-refractivity contribution in [2.75, 3.05) is 13.7 Å². The maximum atomic E-state index is 12.4. The van der Waals surface area contributed by atoms with Crippen molar-refractivity contribution in [3.05, 3.63) is 29.8 Å². The number of carbonyl (C=O) groups excluding carboxylic acids is 2. The van der Waals surface area contributed by atoms with E-state index in [1.54, 1.807) is 24.3 Å². The van der Waals surface area contributed by atoms with Gasteiger partial charge in [0.25, 0.3) is 5.91 Å². The van der Waals surface area contributed by atoms with Crippen LogP contribution in [-0.4, -0.2) is 31.1 Å². The molecule has 1 amide bonds. The lowest BCUT2D eigenvalue weighted by molar-refractivity contribution is -0.128. The number of benzene rings is 1. The fourth-order valence-corrected chi connectivity index (χ4v) is 5.55. The van der Waals surface area contributed by atoms with Crippen LogP contribution in [0.2, 0.25) is 0 Å². The number of esters is 1. The third kappa shape index (κ3) is 3.37. The van der Waals surface area contributed by atoms with Gasteiger partial charge in [0.15, 0.2) is 6.61 Å². The quantitative estimate of drug-likeness (QED) is 0.835. The number of rotatable bonds is 5. The van der Waals surface area contributed by atoms with E-state index < -0.39 is 0 Å². The van der Waals surface area contributed by atoms with E-state index in [2.05, 4.69) is 10.1 Å². The third-order valence-corrected chi connectivity index (χ3v) is 6.09. The molecule has 0 atom stereocenters. The lowest BCUT2D eigenvalue weighted by Crippen LogP contribution is -2.60. The van der Waals surface area contributed by atoms with Crippen LogP contribution in [0.4, 0.5) is 0 Å². The first-order valence-corrected chi connectivity index (χ1v) is 9.17. The van der Waals surface area contributed by atoms with Crippen molar-refractivity contribution in [1.82, 2.24) is 5.32 Å². The van der Waals surface area contributed by atoms with Gasteiger partial charge in [-0.05, 0) is 80.5 Å². The molecule has 0 spiro atoms. The molecule has 4 saturated carbocycles. The van der Waals surface area contributed by atoms with Crippen molar-refractivity contribution in [3.8, 4) is 5.75 Å². The van der Waals surface area contributed by atoms with Crippen molar-refractivity contribution in [1.29, 1.82) is 0 Å². The van der Waals surface area contributed by atoms with E-state index in [0.717, 1.165) is 37.0 Å². The van der Waals surface area contributed by atoms with Crippen molar-refractivity contribution < 1.29 is 19.1 Å². The Labute approximate surface area is 148 Å². The van der Waals surface area contributed by atoms with Crippen LogP contribution in [0.3, 0.4) is 0 Å². The highest BCUT2D eigenvalue weighted by Crippen LogP contribution is 2.55. The predicted molar refractivity (Wildman–Crippen MR) is 92.3 cm³/mol. The van der Waals surface area contributed by atoms with Crippen LogP contribution in [-0.2, 0) is 9.53 Å². The van der Waals surface area contributed by atoms with Crippen LogP contribution >= 0.6 is 0 Å². The van der Waals surface area contributed by atoms with Crippen molar-refractivity contribution >= 4 is 11.9 Å². The number of ether oxygens (including phenoxy) is 2. The summed E-state index contributed by atoms with van der Waals surface area (Å²) in [6, 6.07) is 6.64. The number of nitrogens with one attached hydrogen (secondary N) is 1. The minimum Gasteiger partial charge on any atom is -0.484 e. The van der Waals surface area contributed by atoms with Crippen LogP contribution in [0.5, 0.6) is 5.75 Å². The number of hydrogen-bond donors (Lipinski definition) is 1. The topological polar surface area (TPSA) is 64.6 Å². The Bertz CT molecular complexity index is 631. The normalized spacial score (nSPS) is 32.3. The highest BCUT2D eigenvalue weighted by molar-refractivity contribution is 5.89. The molecule has 0 unspecified atom stereocenters. The first kappa shape index (κ1) is 16.4. The molecule has 4 fully saturated rings. The van der Waals surface area contributed by atoms with Gasteiger partial charge in [-0.25, -0.2) is 4.79 Å². The summed E-state index contributed by atoms with van der Waals surface area (Å²) in [5, 5.41) is 3.30. The minimum absolute atomic E-state index is 0.0132. The van der Waals surface area contributed by atoms with Gasteiger partial charge in [-0.15, -0.1) is 0 Å². The molecule has 0 saturated heterocycles. The van der Waals surface area contributed by atoms with E-state index in [1.807, 2.05) is 0 Å². The molecular formula is C20H25NO4. The number of methoxy groups -OCH3 is 1. The Kier molecular flexibility index (Phi) is 4.18. The largest absolute Gasteiger partial charge is 0.484 e. The van der Waals surface area contributed by atoms with Gasteiger partial charge >= 0.3 is 5.97 Å². The first-order chi connectivity index (χ1) is 12.0. The average molecular weight is 343 g/mol. The number of carbonyl (C=O) groups is 2. The van der Waals surface area contributed by atoms with Crippen molar-refractivity contribution in [3.63, 3.8) is 0 Å². The summed E-state index contributed by atoms with van der Waals surface area (Å²) in [6.45, 7) is 0.0132. The van der Waals surface area contributed by atoms with Crippen LogP contribution in [0.15, 0.2) is 24.3 Å². The van der Waals surface area contributed by atoms with E-state index in [-0.39, 0.29) is 24.0 Å². The lowest BCUT2D eigenvalue weighted by atomic mass is 9.53. The molecule has 0 aliphatic heterocycles. The fourth-order valence-electron chi connectivity index (χ4n) is 5.55. The second-order valence-electron chi connectivity index (χ2n) is 8.05. The second-order valence-corrected chi connectivity index (χ2v) is 8.05. The van der Waals surface area contributed by atoms with E-state index in [0.29, 0.717) is 11.3 Å². The molecule has 0 aromatic heterocycles.